The topological polar surface area (TPSA) is 89.3 Å². The maximum atomic E-state index is 13.5. The van der Waals surface area contributed by atoms with E-state index in [-0.39, 0.29) is 17.0 Å². The van der Waals surface area contributed by atoms with Crippen molar-refractivity contribution in [2.45, 2.75) is 121 Å². The summed E-state index contributed by atoms with van der Waals surface area (Å²) < 4.78 is 6.83. The van der Waals surface area contributed by atoms with Gasteiger partial charge in [0.05, 0.1) is 6.61 Å². The second kappa shape index (κ2) is 6.61. The van der Waals surface area contributed by atoms with Crippen LogP contribution in [0.15, 0.2) is 0 Å². The molecule has 1 amide bonds. The lowest BCUT2D eigenvalue weighted by Crippen LogP contribution is -2.69. The van der Waals surface area contributed by atoms with Crippen LogP contribution in [-0.2, 0) is 19.3 Å². The molecule has 3 N–H and O–H groups in total. The summed E-state index contributed by atoms with van der Waals surface area (Å²) in [7, 11) is 0. The predicted octanol–water partition coefficient (Wildman–Crippen LogP) is 2.63. The lowest BCUT2D eigenvalue weighted by Gasteiger charge is -2.58. The van der Waals surface area contributed by atoms with Crippen molar-refractivity contribution in [3.63, 3.8) is 0 Å². The number of rotatable bonds is 3. The van der Waals surface area contributed by atoms with Gasteiger partial charge in [-0.05, 0) is 62.3 Å². The number of ether oxygens (including phenoxy) is 1. The Hall–Kier alpha value is -0.770. The van der Waals surface area contributed by atoms with Crippen molar-refractivity contribution in [2.75, 3.05) is 6.61 Å². The van der Waals surface area contributed by atoms with E-state index in [0.29, 0.717) is 32.3 Å². The van der Waals surface area contributed by atoms with E-state index in [1.54, 1.807) is 5.06 Å². The average Bonchev–Trinajstić information content (AvgIpc) is 2.69. The zero-order chi connectivity index (χ0) is 22.1. The largest absolute Gasteiger partial charge is 0.339 e. The molecule has 3 heterocycles. The first kappa shape index (κ1) is 22.9. The van der Waals surface area contributed by atoms with Crippen molar-refractivity contribution >= 4 is 5.91 Å². The van der Waals surface area contributed by atoms with Crippen molar-refractivity contribution in [3.8, 4) is 0 Å². The SMILES string of the molecule is CCON1C(C)(C)CC2(CC1(C)C)NC(=O)C1(CC(C)(C)N(ON)C(C)(C)C1)O2. The molecule has 0 radical (unpaired) electrons. The minimum Gasteiger partial charge on any atom is -0.339 e. The van der Waals surface area contributed by atoms with Gasteiger partial charge in [0.1, 0.15) is 5.72 Å². The normalized spacial score (nSPS) is 31.9. The highest BCUT2D eigenvalue weighted by Crippen LogP contribution is 2.53. The quantitative estimate of drug-likeness (QED) is 0.689. The molecular formula is C21H40N4O4. The molecule has 0 atom stereocenters. The molecule has 0 unspecified atom stereocenters. The molecule has 0 saturated carbocycles. The Morgan fingerprint density at radius 1 is 0.897 bits per heavy atom. The highest BCUT2D eigenvalue weighted by atomic mass is 16.8. The van der Waals surface area contributed by atoms with Crippen LogP contribution in [0.2, 0.25) is 0 Å². The van der Waals surface area contributed by atoms with E-state index in [4.69, 9.17) is 20.4 Å². The van der Waals surface area contributed by atoms with E-state index in [1.807, 2.05) is 34.6 Å². The molecule has 3 aliphatic rings. The van der Waals surface area contributed by atoms with E-state index >= 15 is 0 Å². The number of hydrogen-bond acceptors (Lipinski definition) is 7. The van der Waals surface area contributed by atoms with Crippen LogP contribution in [0.3, 0.4) is 0 Å². The molecule has 3 aliphatic heterocycles. The van der Waals surface area contributed by atoms with Crippen molar-refractivity contribution in [3.05, 3.63) is 0 Å². The summed E-state index contributed by atoms with van der Waals surface area (Å²) in [4.78, 5) is 24.7. The average molecular weight is 413 g/mol. The number of nitrogens with zero attached hydrogens (tertiary/aromatic N) is 2. The maximum Gasteiger partial charge on any atom is 0.254 e. The standard InChI is InChI=1S/C21H40N4O4/c1-10-27-24-18(6,7)13-21(14-19(24,8)9)23-15(26)20(28-21)11-16(2,3)25(29-22)17(4,5)12-20/h10-14,22H2,1-9H3,(H,23,26). The van der Waals surface area contributed by atoms with Crippen LogP contribution in [0.25, 0.3) is 0 Å². The van der Waals surface area contributed by atoms with Crippen LogP contribution in [0, 0.1) is 0 Å². The van der Waals surface area contributed by atoms with E-state index in [9.17, 15) is 4.79 Å². The number of carbonyl (C=O) groups is 1. The first-order valence-electron chi connectivity index (χ1n) is 10.7. The fraction of sp³-hybridized carbons (Fsp3) is 0.952. The third-order valence-electron chi connectivity index (χ3n) is 6.58. The van der Waals surface area contributed by atoms with Gasteiger partial charge in [-0.15, -0.1) is 0 Å². The first-order chi connectivity index (χ1) is 13.0. The minimum absolute atomic E-state index is 0.0354. The number of amides is 1. The van der Waals surface area contributed by atoms with Crippen LogP contribution in [0.1, 0.15) is 88.0 Å². The van der Waals surface area contributed by atoms with Gasteiger partial charge in [0.25, 0.3) is 5.91 Å². The van der Waals surface area contributed by atoms with Crippen LogP contribution >= 0.6 is 0 Å². The van der Waals surface area contributed by atoms with E-state index in [0.717, 1.165) is 0 Å². The van der Waals surface area contributed by atoms with Gasteiger partial charge in [-0.25, -0.2) is 4.94 Å². The molecule has 3 saturated heterocycles. The van der Waals surface area contributed by atoms with Gasteiger partial charge in [0, 0.05) is 47.8 Å². The highest BCUT2D eigenvalue weighted by molar-refractivity contribution is 5.88. The Balaban J connectivity index is 1.96. The van der Waals surface area contributed by atoms with Crippen LogP contribution in [-0.4, -0.2) is 56.1 Å². The molecule has 0 aliphatic carbocycles. The van der Waals surface area contributed by atoms with Crippen LogP contribution in [0.4, 0.5) is 0 Å². The molecule has 2 spiro atoms. The summed E-state index contributed by atoms with van der Waals surface area (Å²) in [5, 5.41) is 7.14. The molecule has 3 fully saturated rings. The number of carbonyl (C=O) groups excluding carboxylic acids is 1. The molecular weight excluding hydrogens is 372 g/mol. The first-order valence-corrected chi connectivity index (χ1v) is 10.7. The summed E-state index contributed by atoms with van der Waals surface area (Å²) in [6.45, 7) is 19.3. The third-order valence-corrected chi connectivity index (χ3v) is 6.58. The molecule has 8 nitrogen and oxygen atoms in total. The van der Waals surface area contributed by atoms with Gasteiger partial charge in [-0.1, -0.05) is 0 Å². The Labute approximate surface area is 175 Å². The summed E-state index contributed by atoms with van der Waals surface area (Å²) in [6.07, 6.45) is 2.30. The summed E-state index contributed by atoms with van der Waals surface area (Å²) in [6, 6.07) is 0. The van der Waals surface area contributed by atoms with E-state index in [1.165, 1.54) is 0 Å². The van der Waals surface area contributed by atoms with Crippen molar-refractivity contribution in [1.29, 1.82) is 0 Å². The summed E-state index contributed by atoms with van der Waals surface area (Å²) >= 11 is 0. The second-order valence-electron chi connectivity index (χ2n) is 11.6. The zero-order valence-electron chi connectivity index (χ0n) is 19.6. The van der Waals surface area contributed by atoms with Crippen molar-refractivity contribution in [1.82, 2.24) is 15.4 Å². The number of nitrogens with one attached hydrogen (secondary N) is 1. The minimum atomic E-state index is -0.915. The Morgan fingerprint density at radius 2 is 1.34 bits per heavy atom. The van der Waals surface area contributed by atoms with Gasteiger partial charge in [-0.2, -0.15) is 16.0 Å². The Bertz CT molecular complexity index is 638. The van der Waals surface area contributed by atoms with Gasteiger partial charge < -0.3 is 10.1 Å². The summed E-state index contributed by atoms with van der Waals surface area (Å²) in [5.74, 6) is 5.56. The molecule has 0 aromatic carbocycles. The number of piperidine rings is 2. The molecule has 3 rings (SSSR count). The molecule has 0 aromatic heterocycles. The Kier molecular flexibility index (Phi) is 5.22. The fourth-order valence-corrected chi connectivity index (χ4v) is 6.77. The van der Waals surface area contributed by atoms with Crippen molar-refractivity contribution < 1.29 is 19.3 Å². The lowest BCUT2D eigenvalue weighted by molar-refractivity contribution is -0.332. The van der Waals surface area contributed by atoms with Crippen molar-refractivity contribution in [2.24, 2.45) is 5.90 Å². The van der Waals surface area contributed by atoms with Crippen LogP contribution in [0.5, 0.6) is 0 Å². The second-order valence-corrected chi connectivity index (χ2v) is 11.6. The third kappa shape index (κ3) is 3.62. The number of hydrogen-bond donors (Lipinski definition) is 2. The van der Waals surface area contributed by atoms with E-state index in [2.05, 4.69) is 38.1 Å². The summed E-state index contributed by atoms with van der Waals surface area (Å²) in [5.41, 5.74) is -3.17. The van der Waals surface area contributed by atoms with Gasteiger partial charge >= 0.3 is 0 Å². The molecule has 0 aromatic rings. The number of nitrogens with two attached hydrogens (primary N) is 1. The monoisotopic (exact) mass is 412 g/mol. The predicted molar refractivity (Wildman–Crippen MR) is 110 cm³/mol. The van der Waals surface area contributed by atoms with Crippen LogP contribution < -0.4 is 11.2 Å². The fourth-order valence-electron chi connectivity index (χ4n) is 6.77. The van der Waals surface area contributed by atoms with Gasteiger partial charge in [0.15, 0.2) is 5.60 Å². The molecule has 8 heteroatoms. The van der Waals surface area contributed by atoms with Gasteiger partial charge in [0.2, 0.25) is 0 Å². The zero-order valence-corrected chi connectivity index (χ0v) is 19.6. The highest BCUT2D eigenvalue weighted by Gasteiger charge is 2.67. The lowest BCUT2D eigenvalue weighted by atomic mass is 9.72. The van der Waals surface area contributed by atoms with E-state index < -0.39 is 22.4 Å². The van der Waals surface area contributed by atoms with Gasteiger partial charge in [-0.3, -0.25) is 9.63 Å². The molecule has 29 heavy (non-hydrogen) atoms. The maximum absolute atomic E-state index is 13.5. The Morgan fingerprint density at radius 3 is 1.76 bits per heavy atom. The number of hydroxylamine groups is 4. The molecule has 168 valence electrons. The smallest absolute Gasteiger partial charge is 0.254 e. The molecule has 0 bridgehead atoms.